The van der Waals surface area contributed by atoms with Gasteiger partial charge in [0.2, 0.25) is 5.91 Å². The number of piperidine rings is 1. The zero-order chi connectivity index (χ0) is 20.8. The van der Waals surface area contributed by atoms with Crippen LogP contribution in [-0.2, 0) is 11.3 Å². The number of carbonyl (C=O) groups is 1. The molecule has 1 fully saturated rings. The molecular formula is C23H23BrN4OS. The number of aromatic nitrogens is 2. The molecule has 2 aromatic carbocycles. The minimum absolute atomic E-state index is 0.0533. The molecule has 154 valence electrons. The summed E-state index contributed by atoms with van der Waals surface area (Å²) in [4.78, 5) is 25.3. The molecule has 0 aliphatic carbocycles. The van der Waals surface area contributed by atoms with E-state index in [1.807, 2.05) is 42.5 Å². The molecule has 0 unspecified atom stereocenters. The molecule has 0 bridgehead atoms. The van der Waals surface area contributed by atoms with Crippen LogP contribution < -0.4 is 10.2 Å². The van der Waals surface area contributed by atoms with Crippen LogP contribution >= 0.6 is 27.7 Å². The quantitative estimate of drug-likeness (QED) is 0.539. The zero-order valence-electron chi connectivity index (χ0n) is 16.5. The van der Waals surface area contributed by atoms with Crippen LogP contribution in [0.5, 0.6) is 0 Å². The van der Waals surface area contributed by atoms with Crippen molar-refractivity contribution in [3.05, 3.63) is 77.0 Å². The smallest absolute Gasteiger partial charge is 0.225 e. The van der Waals surface area contributed by atoms with E-state index in [0.29, 0.717) is 13.1 Å². The van der Waals surface area contributed by atoms with Crippen LogP contribution in [0.2, 0.25) is 0 Å². The van der Waals surface area contributed by atoms with Gasteiger partial charge in [-0.15, -0.1) is 0 Å². The van der Waals surface area contributed by atoms with Crippen LogP contribution in [0.25, 0.3) is 0 Å². The molecule has 1 aliphatic rings. The third-order valence-electron chi connectivity index (χ3n) is 5.05. The van der Waals surface area contributed by atoms with Crippen molar-refractivity contribution in [1.82, 2.24) is 15.3 Å². The van der Waals surface area contributed by atoms with E-state index in [-0.39, 0.29) is 11.8 Å². The SMILES string of the molecule is O=C(NCc1cccc(Br)c1)[C@H]1CCCN(c2nccnc2Sc2ccccc2)C1. The normalized spacial score (nSPS) is 16.3. The lowest BCUT2D eigenvalue weighted by Crippen LogP contribution is -2.43. The van der Waals surface area contributed by atoms with E-state index < -0.39 is 0 Å². The maximum absolute atomic E-state index is 12.8. The molecule has 1 aliphatic heterocycles. The number of nitrogens with one attached hydrogen (secondary N) is 1. The lowest BCUT2D eigenvalue weighted by atomic mass is 9.97. The van der Waals surface area contributed by atoms with Crippen LogP contribution in [0.3, 0.4) is 0 Å². The summed E-state index contributed by atoms with van der Waals surface area (Å²) in [5.74, 6) is 0.902. The summed E-state index contributed by atoms with van der Waals surface area (Å²) in [6.45, 7) is 2.08. The van der Waals surface area contributed by atoms with Gasteiger partial charge in [-0.3, -0.25) is 4.79 Å². The molecule has 7 heteroatoms. The monoisotopic (exact) mass is 482 g/mol. The van der Waals surface area contributed by atoms with Crippen molar-refractivity contribution in [3.8, 4) is 0 Å². The van der Waals surface area contributed by atoms with Crippen LogP contribution in [0, 0.1) is 5.92 Å². The van der Waals surface area contributed by atoms with Gasteiger partial charge in [0.1, 0.15) is 5.03 Å². The molecule has 0 saturated carbocycles. The number of benzene rings is 2. The summed E-state index contributed by atoms with van der Waals surface area (Å²) < 4.78 is 1.02. The first-order chi connectivity index (χ1) is 14.7. The lowest BCUT2D eigenvalue weighted by molar-refractivity contribution is -0.125. The van der Waals surface area contributed by atoms with Crippen molar-refractivity contribution in [3.63, 3.8) is 0 Å². The van der Waals surface area contributed by atoms with Gasteiger partial charge in [0, 0.05) is 41.4 Å². The summed E-state index contributed by atoms with van der Waals surface area (Å²) in [6.07, 6.45) is 5.30. The van der Waals surface area contributed by atoms with Crippen molar-refractivity contribution in [2.45, 2.75) is 29.3 Å². The highest BCUT2D eigenvalue weighted by atomic mass is 79.9. The summed E-state index contributed by atoms with van der Waals surface area (Å²) in [5.41, 5.74) is 1.08. The predicted octanol–water partition coefficient (Wildman–Crippen LogP) is 4.92. The molecule has 1 saturated heterocycles. The fourth-order valence-corrected chi connectivity index (χ4v) is 4.92. The molecule has 0 spiro atoms. The van der Waals surface area contributed by atoms with E-state index in [2.05, 4.69) is 48.2 Å². The number of hydrogen-bond acceptors (Lipinski definition) is 5. The number of rotatable bonds is 6. The van der Waals surface area contributed by atoms with E-state index in [1.165, 1.54) is 0 Å². The van der Waals surface area contributed by atoms with Crippen molar-refractivity contribution >= 4 is 39.4 Å². The van der Waals surface area contributed by atoms with Gasteiger partial charge in [-0.25, -0.2) is 9.97 Å². The topological polar surface area (TPSA) is 58.1 Å². The molecule has 3 aromatic rings. The second-order valence-corrected chi connectivity index (χ2v) is 9.21. The summed E-state index contributed by atoms with van der Waals surface area (Å²) in [5, 5.41) is 3.97. The Morgan fingerprint density at radius 2 is 1.97 bits per heavy atom. The third kappa shape index (κ3) is 5.40. The van der Waals surface area contributed by atoms with Gasteiger partial charge in [0.25, 0.3) is 0 Å². The largest absolute Gasteiger partial charge is 0.354 e. The highest BCUT2D eigenvalue weighted by Crippen LogP contribution is 2.33. The Bertz CT molecular complexity index is 1000. The van der Waals surface area contributed by atoms with Crippen LogP contribution in [0.1, 0.15) is 18.4 Å². The molecule has 2 heterocycles. The Labute approximate surface area is 189 Å². The average molecular weight is 483 g/mol. The van der Waals surface area contributed by atoms with Gasteiger partial charge in [0.05, 0.1) is 5.92 Å². The second-order valence-electron chi connectivity index (χ2n) is 7.23. The maximum Gasteiger partial charge on any atom is 0.225 e. The summed E-state index contributed by atoms with van der Waals surface area (Å²) in [6, 6.07) is 18.2. The van der Waals surface area contributed by atoms with Gasteiger partial charge in [-0.1, -0.05) is 58.0 Å². The van der Waals surface area contributed by atoms with Crippen molar-refractivity contribution in [2.75, 3.05) is 18.0 Å². The zero-order valence-corrected chi connectivity index (χ0v) is 18.9. The Hall–Kier alpha value is -2.38. The minimum atomic E-state index is -0.0533. The molecule has 5 nitrogen and oxygen atoms in total. The number of hydrogen-bond donors (Lipinski definition) is 1. The van der Waals surface area contributed by atoms with Gasteiger partial charge in [-0.2, -0.15) is 0 Å². The molecule has 1 N–H and O–H groups in total. The number of anilines is 1. The van der Waals surface area contributed by atoms with Crippen molar-refractivity contribution in [2.24, 2.45) is 5.92 Å². The van der Waals surface area contributed by atoms with Gasteiger partial charge >= 0.3 is 0 Å². The second kappa shape index (κ2) is 10.1. The number of amides is 1. The standard InChI is InChI=1S/C23H23BrN4OS/c24-19-8-4-6-17(14-19)15-27-22(29)18-7-5-13-28(16-18)21-23(26-12-11-25-21)30-20-9-2-1-3-10-20/h1-4,6,8-12,14,18H,5,7,13,15-16H2,(H,27,29)/t18-/m0/s1. The Morgan fingerprint density at radius 3 is 2.80 bits per heavy atom. The number of carbonyl (C=O) groups excluding carboxylic acids is 1. The van der Waals surface area contributed by atoms with E-state index >= 15 is 0 Å². The molecule has 1 amide bonds. The highest BCUT2D eigenvalue weighted by molar-refractivity contribution is 9.10. The van der Waals surface area contributed by atoms with E-state index in [1.54, 1.807) is 24.2 Å². The molecule has 1 atom stereocenters. The Kier molecular flexibility index (Phi) is 7.02. The first-order valence-corrected chi connectivity index (χ1v) is 11.6. The summed E-state index contributed by atoms with van der Waals surface area (Å²) >= 11 is 5.08. The van der Waals surface area contributed by atoms with Gasteiger partial charge in [-0.05, 0) is 42.7 Å². The maximum atomic E-state index is 12.8. The van der Waals surface area contributed by atoms with E-state index in [0.717, 1.165) is 45.2 Å². The number of nitrogens with zero attached hydrogens (tertiary/aromatic N) is 3. The van der Waals surface area contributed by atoms with Crippen molar-refractivity contribution in [1.29, 1.82) is 0 Å². The lowest BCUT2D eigenvalue weighted by Gasteiger charge is -2.33. The first-order valence-electron chi connectivity index (χ1n) is 10.00. The highest BCUT2D eigenvalue weighted by Gasteiger charge is 2.28. The van der Waals surface area contributed by atoms with Crippen molar-refractivity contribution < 1.29 is 4.79 Å². The molecule has 1 aromatic heterocycles. The van der Waals surface area contributed by atoms with Crippen LogP contribution in [0.4, 0.5) is 5.82 Å². The third-order valence-corrected chi connectivity index (χ3v) is 6.53. The Morgan fingerprint density at radius 1 is 1.13 bits per heavy atom. The first kappa shape index (κ1) is 20.9. The van der Waals surface area contributed by atoms with Gasteiger partial charge < -0.3 is 10.2 Å². The molecule has 0 radical (unpaired) electrons. The molecular weight excluding hydrogens is 460 g/mol. The van der Waals surface area contributed by atoms with Gasteiger partial charge in [0.15, 0.2) is 5.82 Å². The fourth-order valence-electron chi connectivity index (χ4n) is 3.57. The van der Waals surface area contributed by atoms with Crippen LogP contribution in [-0.4, -0.2) is 29.0 Å². The number of halogens is 1. The minimum Gasteiger partial charge on any atom is -0.354 e. The Balaban J connectivity index is 1.42. The molecule has 30 heavy (non-hydrogen) atoms. The van der Waals surface area contributed by atoms with Crippen LogP contribution in [0.15, 0.2) is 81.4 Å². The van der Waals surface area contributed by atoms with E-state index in [4.69, 9.17) is 0 Å². The average Bonchev–Trinajstić information content (AvgIpc) is 2.79. The fraction of sp³-hybridized carbons (Fsp3) is 0.261. The molecule has 4 rings (SSSR count). The summed E-state index contributed by atoms with van der Waals surface area (Å²) in [7, 11) is 0. The van der Waals surface area contributed by atoms with E-state index in [9.17, 15) is 4.79 Å². The predicted molar refractivity (Wildman–Crippen MR) is 124 cm³/mol.